The fourth-order valence-corrected chi connectivity index (χ4v) is 4.17. The molecule has 4 aromatic rings. The molecular weight excluding hydrogens is 432 g/mol. The van der Waals surface area contributed by atoms with Crippen LogP contribution in [0.2, 0.25) is 0 Å². The number of likely N-dealkylation sites (tertiary alicyclic amines) is 1. The number of nitrogens with zero attached hydrogens (tertiary/aromatic N) is 7. The number of anilines is 1. The van der Waals surface area contributed by atoms with Gasteiger partial charge in [-0.05, 0) is 38.0 Å². The average molecular weight is 456 g/mol. The quantitative estimate of drug-likeness (QED) is 0.484. The number of aryl methyl sites for hydroxylation is 1. The van der Waals surface area contributed by atoms with Crippen molar-refractivity contribution in [1.82, 2.24) is 34.0 Å². The first-order valence-corrected chi connectivity index (χ1v) is 10.5. The average Bonchev–Trinajstić information content (AvgIpc) is 3.28. The first-order valence-electron chi connectivity index (χ1n) is 11.0. The molecular formula is C21H23F2N9O. The van der Waals surface area contributed by atoms with Crippen LogP contribution in [0, 0.1) is 6.92 Å². The van der Waals surface area contributed by atoms with E-state index in [1.54, 1.807) is 37.1 Å². The number of piperidine rings is 1. The number of hydrogen-bond donors (Lipinski definition) is 2. The number of carbonyl (C=O) groups is 1. The van der Waals surface area contributed by atoms with Crippen molar-refractivity contribution in [2.24, 2.45) is 4.99 Å². The fourth-order valence-electron chi connectivity index (χ4n) is 4.17. The van der Waals surface area contributed by atoms with Gasteiger partial charge in [-0.1, -0.05) is 0 Å². The number of nitrogens with two attached hydrogens (primary N) is 1. The van der Waals surface area contributed by atoms with Crippen LogP contribution in [-0.4, -0.2) is 66.0 Å². The first-order chi connectivity index (χ1) is 16.2. The Balaban J connectivity index is 1.62. The summed E-state index contributed by atoms with van der Waals surface area (Å²) >= 11 is 0. The molecule has 10 nitrogen and oxygen atoms in total. The number of aromatic amines is 1. The number of rotatable bonds is 4. The smallest absolute Gasteiger partial charge is 0.256 e. The molecule has 33 heavy (non-hydrogen) atoms. The van der Waals surface area contributed by atoms with Gasteiger partial charge in [0.1, 0.15) is 22.9 Å². The molecule has 1 aliphatic heterocycles. The van der Waals surface area contributed by atoms with Gasteiger partial charge in [0.25, 0.3) is 6.43 Å². The number of pyridine rings is 1. The lowest BCUT2D eigenvalue weighted by Gasteiger charge is -2.26. The van der Waals surface area contributed by atoms with Crippen LogP contribution >= 0.6 is 0 Å². The molecule has 0 aliphatic carbocycles. The molecule has 0 unspecified atom stereocenters. The number of hydrogen-bond acceptors (Lipinski definition) is 6. The zero-order chi connectivity index (χ0) is 24.1. The van der Waals surface area contributed by atoms with Crippen LogP contribution in [0.15, 0.2) is 29.4 Å². The van der Waals surface area contributed by atoms with E-state index >= 15 is 0 Å². The van der Waals surface area contributed by atoms with Gasteiger partial charge in [-0.15, -0.1) is 0 Å². The van der Waals surface area contributed by atoms with Gasteiger partial charge in [0.15, 0.2) is 11.5 Å². The molecule has 1 saturated heterocycles. The maximum absolute atomic E-state index is 13.1. The minimum atomic E-state index is -2.55. The highest BCUT2D eigenvalue weighted by atomic mass is 19.3. The van der Waals surface area contributed by atoms with Crippen molar-refractivity contribution in [1.29, 1.82) is 0 Å². The lowest BCUT2D eigenvalue weighted by molar-refractivity contribution is -0.133. The number of amides is 1. The largest absolute Gasteiger partial charge is 0.382 e. The predicted molar refractivity (Wildman–Crippen MR) is 117 cm³/mol. The van der Waals surface area contributed by atoms with Crippen molar-refractivity contribution in [3.05, 3.63) is 35.8 Å². The lowest BCUT2D eigenvalue weighted by Crippen LogP contribution is -2.42. The highest BCUT2D eigenvalue weighted by Crippen LogP contribution is 2.28. The number of H-pyrrole nitrogens is 1. The van der Waals surface area contributed by atoms with E-state index in [1.807, 2.05) is 0 Å². The van der Waals surface area contributed by atoms with Crippen LogP contribution in [0.1, 0.15) is 20.0 Å². The summed E-state index contributed by atoms with van der Waals surface area (Å²) in [5.74, 6) is 0.445. The molecule has 1 fully saturated rings. The Bertz CT molecular complexity index is 1490. The maximum Gasteiger partial charge on any atom is 0.256 e. The molecule has 5 rings (SSSR count). The SMILES string of the molecule is [2H]c1cc(-c2ccc3nc(C)n(CC(F)F)c3n2)c2c(N)nc(=N[C@H]3CCCN(C)C3=O)[nH]n12. The highest BCUT2D eigenvalue weighted by molar-refractivity contribution is 5.88. The number of nitrogen functional groups attached to an aromatic ring is 1. The molecule has 1 atom stereocenters. The van der Waals surface area contributed by atoms with Gasteiger partial charge in [0.05, 0.1) is 13.6 Å². The summed E-state index contributed by atoms with van der Waals surface area (Å²) in [5, 5.41) is 2.94. The monoisotopic (exact) mass is 456 g/mol. The third kappa shape index (κ3) is 3.70. The second kappa shape index (κ2) is 7.94. The van der Waals surface area contributed by atoms with E-state index in [2.05, 4.69) is 25.0 Å². The molecule has 0 radical (unpaired) electrons. The van der Waals surface area contributed by atoms with Crippen molar-refractivity contribution in [2.75, 3.05) is 19.3 Å². The predicted octanol–water partition coefficient (Wildman–Crippen LogP) is 1.75. The third-order valence-corrected chi connectivity index (χ3v) is 5.79. The van der Waals surface area contributed by atoms with E-state index < -0.39 is 19.0 Å². The van der Waals surface area contributed by atoms with E-state index in [0.717, 1.165) is 6.42 Å². The molecule has 12 heteroatoms. The molecule has 3 N–H and O–H groups in total. The summed E-state index contributed by atoms with van der Waals surface area (Å²) < 4.78 is 37.4. The zero-order valence-electron chi connectivity index (χ0n) is 19.1. The molecule has 0 aromatic carbocycles. The van der Waals surface area contributed by atoms with Crippen molar-refractivity contribution >= 4 is 28.4 Å². The Morgan fingerprint density at radius 2 is 2.15 bits per heavy atom. The summed E-state index contributed by atoms with van der Waals surface area (Å²) in [5.41, 5.74) is 8.57. The van der Waals surface area contributed by atoms with Crippen molar-refractivity contribution in [3.8, 4) is 11.3 Å². The van der Waals surface area contributed by atoms with Gasteiger partial charge < -0.3 is 15.2 Å². The molecule has 5 heterocycles. The number of alkyl halides is 2. The van der Waals surface area contributed by atoms with Crippen LogP contribution < -0.4 is 11.4 Å². The van der Waals surface area contributed by atoms with E-state index in [1.165, 1.54) is 9.08 Å². The van der Waals surface area contributed by atoms with Crippen molar-refractivity contribution in [2.45, 2.75) is 38.8 Å². The standard InChI is InChI=1S/C21H23F2N9O/c1-11-25-14-6-5-13(26-19(14)31(11)10-16(22)23)12-7-9-32-17(12)18(24)28-21(29-32)27-15-4-3-8-30(2)20(15)33/h5-7,9,15-16H,3-4,8,10H2,1-2H3,(H3,24,27,28,29)/t15-/m0/s1/i9D. The summed E-state index contributed by atoms with van der Waals surface area (Å²) in [6.45, 7) is 1.82. The van der Waals surface area contributed by atoms with Gasteiger partial charge in [0.2, 0.25) is 11.5 Å². The van der Waals surface area contributed by atoms with Gasteiger partial charge >= 0.3 is 0 Å². The van der Waals surface area contributed by atoms with E-state index in [0.29, 0.717) is 46.7 Å². The maximum atomic E-state index is 13.1. The Hall–Kier alpha value is -3.83. The number of aromatic nitrogens is 6. The van der Waals surface area contributed by atoms with E-state index in [9.17, 15) is 13.6 Å². The summed E-state index contributed by atoms with van der Waals surface area (Å²) in [4.78, 5) is 31.6. The number of carbonyl (C=O) groups excluding carboxylic acids is 1. The summed E-state index contributed by atoms with van der Waals surface area (Å²) in [6.07, 6.45) is -1.04. The minimum Gasteiger partial charge on any atom is -0.382 e. The Morgan fingerprint density at radius 1 is 1.33 bits per heavy atom. The number of halogens is 2. The fraction of sp³-hybridized carbons (Fsp3) is 0.381. The molecule has 0 bridgehead atoms. The van der Waals surface area contributed by atoms with Crippen LogP contribution in [0.25, 0.3) is 27.9 Å². The van der Waals surface area contributed by atoms with Crippen molar-refractivity contribution in [3.63, 3.8) is 0 Å². The second-order valence-corrected chi connectivity index (χ2v) is 8.05. The third-order valence-electron chi connectivity index (χ3n) is 5.79. The van der Waals surface area contributed by atoms with E-state index in [4.69, 9.17) is 7.10 Å². The number of fused-ring (bicyclic) bond motifs is 2. The topological polar surface area (TPSA) is 122 Å². The van der Waals surface area contributed by atoms with Crippen LogP contribution in [0.4, 0.5) is 14.6 Å². The highest BCUT2D eigenvalue weighted by Gasteiger charge is 2.26. The van der Waals surface area contributed by atoms with Gasteiger partial charge in [0, 0.05) is 25.3 Å². The summed E-state index contributed by atoms with van der Waals surface area (Å²) in [6, 6.07) is 4.39. The normalized spacial score (nSPS) is 18.2. The molecule has 4 aromatic heterocycles. The number of imidazole rings is 1. The molecule has 0 spiro atoms. The molecule has 1 amide bonds. The Kier molecular flexibility index (Phi) is 4.77. The van der Waals surface area contributed by atoms with Crippen LogP contribution in [0.5, 0.6) is 0 Å². The lowest BCUT2D eigenvalue weighted by atomic mass is 10.1. The number of likely N-dealkylation sites (N-methyl/N-ethyl adjacent to an activating group) is 1. The zero-order valence-corrected chi connectivity index (χ0v) is 18.1. The Labute approximate surface area is 188 Å². The Morgan fingerprint density at radius 3 is 2.94 bits per heavy atom. The van der Waals surface area contributed by atoms with E-state index in [-0.39, 0.29) is 23.5 Å². The van der Waals surface area contributed by atoms with Gasteiger partial charge in [-0.2, -0.15) is 4.98 Å². The first kappa shape index (κ1) is 19.8. The number of nitrogens with one attached hydrogen (secondary N) is 1. The van der Waals surface area contributed by atoms with Crippen molar-refractivity contribution < 1.29 is 14.9 Å². The molecule has 0 saturated carbocycles. The van der Waals surface area contributed by atoms with Crippen LogP contribution in [0.3, 0.4) is 0 Å². The second-order valence-electron chi connectivity index (χ2n) is 8.05. The van der Waals surface area contributed by atoms with Crippen LogP contribution in [-0.2, 0) is 11.3 Å². The minimum absolute atomic E-state index is 0.0711. The summed E-state index contributed by atoms with van der Waals surface area (Å²) in [7, 11) is 1.73. The molecule has 1 aliphatic rings. The van der Waals surface area contributed by atoms with Gasteiger partial charge in [-0.25, -0.2) is 23.7 Å². The van der Waals surface area contributed by atoms with Gasteiger partial charge in [-0.3, -0.25) is 14.4 Å². The molecule has 172 valence electrons.